The summed E-state index contributed by atoms with van der Waals surface area (Å²) in [6.45, 7) is 0.912. The summed E-state index contributed by atoms with van der Waals surface area (Å²) >= 11 is 0. The number of piperazine rings is 1. The molecule has 2 aliphatic rings. The minimum Gasteiger partial charge on any atom is -0.335 e. The molecule has 0 aromatic heterocycles. The molecule has 1 aliphatic carbocycles. The molecule has 1 aliphatic heterocycles. The lowest BCUT2D eigenvalue weighted by Crippen LogP contribution is -2.55. The number of rotatable bonds is 3. The molecule has 0 aromatic carbocycles. The van der Waals surface area contributed by atoms with Gasteiger partial charge in [-0.1, -0.05) is 19.3 Å². The number of hydrogen-bond donors (Lipinski definition) is 1. The number of amides is 2. The van der Waals surface area contributed by atoms with Crippen LogP contribution in [0.4, 0.5) is 0 Å². The first-order valence-electron chi connectivity index (χ1n) is 6.85. The van der Waals surface area contributed by atoms with Gasteiger partial charge in [0.05, 0.1) is 13.1 Å². The Kier molecular flexibility index (Phi) is 4.22. The number of nitrogens with zero attached hydrogens (tertiary/aromatic N) is 2. The second-order valence-electron chi connectivity index (χ2n) is 5.59. The molecular formula is C13H23N3O2. The van der Waals surface area contributed by atoms with E-state index in [1.165, 1.54) is 24.2 Å². The predicted octanol–water partition coefficient (Wildman–Crippen LogP) is 0.195. The minimum absolute atomic E-state index is 0.00504. The van der Waals surface area contributed by atoms with Crippen LogP contribution in [-0.2, 0) is 9.59 Å². The monoisotopic (exact) mass is 253 g/mol. The van der Waals surface area contributed by atoms with Gasteiger partial charge in [0.15, 0.2) is 0 Å². The topological polar surface area (TPSA) is 66.6 Å². The van der Waals surface area contributed by atoms with E-state index in [0.29, 0.717) is 12.5 Å². The highest BCUT2D eigenvalue weighted by Gasteiger charge is 2.30. The fraction of sp³-hybridized carbons (Fsp3) is 0.846. The van der Waals surface area contributed by atoms with Gasteiger partial charge in [0.25, 0.3) is 0 Å². The summed E-state index contributed by atoms with van der Waals surface area (Å²) in [6.07, 6.45) is 6.12. The largest absolute Gasteiger partial charge is 0.335 e. The van der Waals surface area contributed by atoms with Crippen LogP contribution in [0.15, 0.2) is 0 Å². The van der Waals surface area contributed by atoms with Crippen LogP contribution >= 0.6 is 0 Å². The molecule has 0 bridgehead atoms. The van der Waals surface area contributed by atoms with Gasteiger partial charge in [0, 0.05) is 19.6 Å². The summed E-state index contributed by atoms with van der Waals surface area (Å²) in [5.74, 6) is 0.537. The fourth-order valence-electron chi connectivity index (χ4n) is 2.90. The van der Waals surface area contributed by atoms with E-state index in [-0.39, 0.29) is 30.9 Å². The second-order valence-corrected chi connectivity index (χ2v) is 5.59. The summed E-state index contributed by atoms with van der Waals surface area (Å²) in [5, 5.41) is 0. The summed E-state index contributed by atoms with van der Waals surface area (Å²) in [7, 11) is 1.67. The molecule has 102 valence electrons. The van der Waals surface area contributed by atoms with Gasteiger partial charge in [-0.05, 0) is 18.8 Å². The quantitative estimate of drug-likeness (QED) is 0.781. The summed E-state index contributed by atoms with van der Waals surface area (Å²) < 4.78 is 0. The van der Waals surface area contributed by atoms with Crippen molar-refractivity contribution in [3.8, 4) is 0 Å². The molecule has 0 spiro atoms. The highest BCUT2D eigenvalue weighted by atomic mass is 16.2. The molecule has 1 atom stereocenters. The number of carbonyl (C=O) groups is 2. The predicted molar refractivity (Wildman–Crippen MR) is 68.8 cm³/mol. The number of carbonyl (C=O) groups excluding carboxylic acids is 2. The third-order valence-electron chi connectivity index (χ3n) is 4.16. The van der Waals surface area contributed by atoms with Crippen molar-refractivity contribution in [2.45, 2.75) is 38.1 Å². The molecule has 5 nitrogen and oxygen atoms in total. The Labute approximate surface area is 108 Å². The van der Waals surface area contributed by atoms with E-state index in [0.717, 1.165) is 12.8 Å². The van der Waals surface area contributed by atoms with E-state index in [2.05, 4.69) is 0 Å². The van der Waals surface area contributed by atoms with Gasteiger partial charge < -0.3 is 15.5 Å². The molecule has 2 rings (SSSR count). The lowest BCUT2D eigenvalue weighted by Gasteiger charge is -2.36. The van der Waals surface area contributed by atoms with Gasteiger partial charge in [0.2, 0.25) is 11.8 Å². The van der Waals surface area contributed by atoms with Crippen LogP contribution in [0, 0.1) is 5.92 Å². The molecule has 2 N–H and O–H groups in total. The zero-order chi connectivity index (χ0) is 13.1. The van der Waals surface area contributed by atoms with E-state index < -0.39 is 0 Å². The van der Waals surface area contributed by atoms with E-state index in [4.69, 9.17) is 5.73 Å². The number of likely N-dealkylation sites (N-methyl/N-ethyl adjacent to an activating group) is 1. The molecule has 2 amide bonds. The average Bonchev–Trinajstić information content (AvgIpc) is 2.37. The summed E-state index contributed by atoms with van der Waals surface area (Å²) in [6, 6.07) is 0.0189. The molecule has 18 heavy (non-hydrogen) atoms. The van der Waals surface area contributed by atoms with Crippen molar-refractivity contribution in [1.29, 1.82) is 0 Å². The third kappa shape index (κ3) is 3.02. The first-order chi connectivity index (χ1) is 8.58. The van der Waals surface area contributed by atoms with Crippen LogP contribution in [0.1, 0.15) is 32.1 Å². The highest BCUT2D eigenvalue weighted by molar-refractivity contribution is 5.92. The maximum atomic E-state index is 11.8. The smallest absolute Gasteiger partial charge is 0.242 e. The Bertz CT molecular complexity index is 326. The SMILES string of the molecule is CN1CC(=O)N(CC(N)C2CCCCC2)CC1=O. The molecular weight excluding hydrogens is 230 g/mol. The Morgan fingerprint density at radius 1 is 1.17 bits per heavy atom. The van der Waals surface area contributed by atoms with Gasteiger partial charge in [-0.25, -0.2) is 0 Å². The van der Waals surface area contributed by atoms with E-state index in [1.54, 1.807) is 11.9 Å². The minimum atomic E-state index is 0.00504. The van der Waals surface area contributed by atoms with Crippen LogP contribution in [-0.4, -0.2) is 54.3 Å². The average molecular weight is 253 g/mol. The van der Waals surface area contributed by atoms with E-state index in [1.807, 2.05) is 0 Å². The summed E-state index contributed by atoms with van der Waals surface area (Å²) in [4.78, 5) is 26.5. The molecule has 1 heterocycles. The Morgan fingerprint density at radius 3 is 2.50 bits per heavy atom. The van der Waals surface area contributed by atoms with Crippen molar-refractivity contribution in [3.63, 3.8) is 0 Å². The molecule has 1 unspecified atom stereocenters. The zero-order valence-electron chi connectivity index (χ0n) is 11.1. The van der Waals surface area contributed by atoms with Crippen LogP contribution in [0.5, 0.6) is 0 Å². The van der Waals surface area contributed by atoms with E-state index in [9.17, 15) is 9.59 Å². The van der Waals surface area contributed by atoms with Crippen LogP contribution in [0.25, 0.3) is 0 Å². The standard InChI is InChI=1S/C13H23N3O2/c1-15-8-13(18)16(9-12(15)17)7-11(14)10-5-3-2-4-6-10/h10-11H,2-9,14H2,1H3. The first kappa shape index (κ1) is 13.3. The lowest BCUT2D eigenvalue weighted by atomic mass is 9.84. The number of nitrogens with two attached hydrogens (primary N) is 1. The van der Waals surface area contributed by atoms with Gasteiger partial charge in [-0.15, -0.1) is 0 Å². The van der Waals surface area contributed by atoms with Crippen LogP contribution in [0.2, 0.25) is 0 Å². The second kappa shape index (κ2) is 5.69. The van der Waals surface area contributed by atoms with Crippen molar-refractivity contribution in [2.75, 3.05) is 26.7 Å². The zero-order valence-corrected chi connectivity index (χ0v) is 11.1. The third-order valence-corrected chi connectivity index (χ3v) is 4.16. The van der Waals surface area contributed by atoms with Crippen molar-refractivity contribution < 1.29 is 9.59 Å². The van der Waals surface area contributed by atoms with Gasteiger partial charge >= 0.3 is 0 Å². The number of hydrogen-bond acceptors (Lipinski definition) is 3. The van der Waals surface area contributed by atoms with Crippen molar-refractivity contribution in [1.82, 2.24) is 9.80 Å². The van der Waals surface area contributed by atoms with Crippen molar-refractivity contribution >= 4 is 11.8 Å². The Morgan fingerprint density at radius 2 is 1.83 bits per heavy atom. The van der Waals surface area contributed by atoms with E-state index >= 15 is 0 Å². The van der Waals surface area contributed by atoms with Crippen LogP contribution < -0.4 is 5.73 Å². The molecule has 5 heteroatoms. The van der Waals surface area contributed by atoms with Crippen molar-refractivity contribution in [2.24, 2.45) is 11.7 Å². The molecule has 0 aromatic rings. The lowest BCUT2D eigenvalue weighted by molar-refractivity contribution is -0.149. The van der Waals surface area contributed by atoms with Crippen LogP contribution in [0.3, 0.4) is 0 Å². The maximum Gasteiger partial charge on any atom is 0.242 e. The molecule has 1 saturated heterocycles. The first-order valence-corrected chi connectivity index (χ1v) is 6.85. The molecule has 0 radical (unpaired) electrons. The van der Waals surface area contributed by atoms with Crippen molar-refractivity contribution in [3.05, 3.63) is 0 Å². The molecule has 2 fully saturated rings. The molecule has 1 saturated carbocycles. The Balaban J connectivity index is 1.87. The highest BCUT2D eigenvalue weighted by Crippen LogP contribution is 2.26. The van der Waals surface area contributed by atoms with Gasteiger partial charge in [-0.2, -0.15) is 0 Å². The van der Waals surface area contributed by atoms with Gasteiger partial charge in [0.1, 0.15) is 0 Å². The van der Waals surface area contributed by atoms with Gasteiger partial charge in [-0.3, -0.25) is 9.59 Å². The maximum absolute atomic E-state index is 11.8. The fourth-order valence-corrected chi connectivity index (χ4v) is 2.90. The summed E-state index contributed by atoms with van der Waals surface area (Å²) in [5.41, 5.74) is 6.20. The normalized spacial score (nSPS) is 24.6. The Hall–Kier alpha value is -1.10.